The monoisotopic (exact) mass is 498 g/mol. The number of fused-ring (bicyclic) bond motifs is 6. The van der Waals surface area contributed by atoms with Crippen molar-refractivity contribution < 1.29 is 10.2 Å². The van der Waals surface area contributed by atoms with Gasteiger partial charge in [-0.05, 0) is 104 Å². The summed E-state index contributed by atoms with van der Waals surface area (Å²) < 4.78 is 0.643. The fraction of sp³-hybridized carbons (Fsp3) is 0.920. The van der Waals surface area contributed by atoms with Crippen molar-refractivity contribution in [3.8, 4) is 0 Å². The molecular weight excluding hydrogens is 459 g/mol. The van der Waals surface area contributed by atoms with Gasteiger partial charge in [-0.3, -0.25) is 0 Å². The largest absolute Gasteiger partial charge is 0.393 e. The average molecular weight is 498 g/mol. The van der Waals surface area contributed by atoms with Crippen molar-refractivity contribution >= 4 is 22.6 Å². The Morgan fingerprint density at radius 3 is 2.54 bits per heavy atom. The van der Waals surface area contributed by atoms with Crippen LogP contribution in [0.25, 0.3) is 0 Å². The highest BCUT2D eigenvalue weighted by Gasteiger charge is 2.64. The summed E-state index contributed by atoms with van der Waals surface area (Å²) in [6, 6.07) is 0. The molecule has 6 aliphatic rings. The number of rotatable bonds is 0. The second-order valence-corrected chi connectivity index (χ2v) is 13.1. The van der Waals surface area contributed by atoms with Crippen molar-refractivity contribution in [1.82, 2.24) is 0 Å². The summed E-state index contributed by atoms with van der Waals surface area (Å²) in [4.78, 5) is 0. The van der Waals surface area contributed by atoms with E-state index in [0.717, 1.165) is 19.3 Å². The molecule has 5 fully saturated rings. The molecular formula is C25H39IO2. The Morgan fingerprint density at radius 2 is 1.75 bits per heavy atom. The predicted molar refractivity (Wildman–Crippen MR) is 122 cm³/mol. The topological polar surface area (TPSA) is 40.5 Å². The summed E-state index contributed by atoms with van der Waals surface area (Å²) in [5.74, 6) is 2.45. The first-order chi connectivity index (χ1) is 13.2. The van der Waals surface area contributed by atoms with Crippen LogP contribution < -0.4 is 0 Å². The van der Waals surface area contributed by atoms with E-state index in [1.807, 2.05) is 0 Å². The van der Waals surface area contributed by atoms with Gasteiger partial charge in [-0.2, -0.15) is 0 Å². The summed E-state index contributed by atoms with van der Waals surface area (Å²) in [7, 11) is 0. The van der Waals surface area contributed by atoms with Gasteiger partial charge in [-0.15, -0.1) is 0 Å². The number of allylic oxidation sites excluding steroid dienone is 2. The van der Waals surface area contributed by atoms with Gasteiger partial charge >= 0.3 is 0 Å². The van der Waals surface area contributed by atoms with Gasteiger partial charge in [0.25, 0.3) is 0 Å². The zero-order valence-electron chi connectivity index (χ0n) is 18.0. The van der Waals surface area contributed by atoms with Crippen LogP contribution >= 0.6 is 22.6 Å². The fourth-order valence-corrected chi connectivity index (χ4v) is 10.4. The molecule has 0 saturated heterocycles. The van der Waals surface area contributed by atoms with Gasteiger partial charge in [0.1, 0.15) is 0 Å². The number of alkyl halides is 1. The van der Waals surface area contributed by atoms with Crippen LogP contribution in [0.2, 0.25) is 0 Å². The molecule has 1 spiro atoms. The Kier molecular flexibility index (Phi) is 4.85. The molecule has 10 unspecified atom stereocenters. The zero-order chi connectivity index (χ0) is 19.9. The van der Waals surface area contributed by atoms with Crippen LogP contribution in [0.15, 0.2) is 11.6 Å². The van der Waals surface area contributed by atoms with Gasteiger partial charge in [0.05, 0.1) is 12.2 Å². The summed E-state index contributed by atoms with van der Waals surface area (Å²) in [6.45, 7) is 7.36. The van der Waals surface area contributed by atoms with Crippen LogP contribution in [0, 0.1) is 39.9 Å². The molecule has 6 aliphatic carbocycles. The maximum atomic E-state index is 11.2. The molecule has 0 aromatic carbocycles. The third kappa shape index (κ3) is 2.63. The third-order valence-corrected chi connectivity index (χ3v) is 13.0. The molecule has 0 heterocycles. The van der Waals surface area contributed by atoms with Crippen molar-refractivity contribution in [3.05, 3.63) is 11.6 Å². The molecule has 0 amide bonds. The Labute approximate surface area is 185 Å². The number of aliphatic hydroxyl groups is 2. The molecule has 2 N–H and O–H groups in total. The summed E-state index contributed by atoms with van der Waals surface area (Å²) in [6.07, 6.45) is 14.2. The lowest BCUT2D eigenvalue weighted by Gasteiger charge is -2.66. The summed E-state index contributed by atoms with van der Waals surface area (Å²) >= 11 is 2.76. The van der Waals surface area contributed by atoms with E-state index in [2.05, 4.69) is 49.4 Å². The van der Waals surface area contributed by atoms with Gasteiger partial charge in [0.15, 0.2) is 0 Å². The number of halogens is 1. The Balaban J connectivity index is 1.62. The van der Waals surface area contributed by atoms with Crippen molar-refractivity contribution in [2.75, 3.05) is 0 Å². The van der Waals surface area contributed by atoms with Crippen molar-refractivity contribution in [2.45, 2.75) is 101 Å². The minimum Gasteiger partial charge on any atom is -0.393 e. The van der Waals surface area contributed by atoms with Crippen LogP contribution in [0.3, 0.4) is 0 Å². The number of hydrogen-bond acceptors (Lipinski definition) is 2. The van der Waals surface area contributed by atoms with Gasteiger partial charge in [-0.1, -0.05) is 55.0 Å². The molecule has 0 radical (unpaired) electrons. The van der Waals surface area contributed by atoms with E-state index in [0.29, 0.717) is 43.8 Å². The highest BCUT2D eigenvalue weighted by molar-refractivity contribution is 14.1. The number of hydrogen-bond donors (Lipinski definition) is 2. The zero-order valence-corrected chi connectivity index (χ0v) is 20.1. The predicted octanol–water partition coefficient (Wildman–Crippen LogP) is 5.89. The van der Waals surface area contributed by atoms with E-state index in [9.17, 15) is 10.2 Å². The maximum Gasteiger partial charge on any atom is 0.0568 e. The fourth-order valence-electron chi connectivity index (χ4n) is 9.12. The lowest BCUT2D eigenvalue weighted by Crippen LogP contribution is -2.60. The smallest absolute Gasteiger partial charge is 0.0568 e. The maximum absolute atomic E-state index is 11.2. The quantitative estimate of drug-likeness (QED) is 0.248. The SMILES string of the molecule is CC1C(O)CCC2(C)C1CCC13CC(O)CCC4(C)CCC1C(=CCC23)C4I. The van der Waals surface area contributed by atoms with Crippen LogP contribution in [0.5, 0.6) is 0 Å². The second-order valence-electron chi connectivity index (χ2n) is 11.8. The van der Waals surface area contributed by atoms with Crippen molar-refractivity contribution in [1.29, 1.82) is 0 Å². The molecule has 3 heteroatoms. The van der Waals surface area contributed by atoms with Gasteiger partial charge in [-0.25, -0.2) is 0 Å². The first-order valence-electron chi connectivity index (χ1n) is 11.9. The van der Waals surface area contributed by atoms with Crippen LogP contribution in [0.4, 0.5) is 0 Å². The Hall–Kier alpha value is 0.390. The average Bonchev–Trinajstić information content (AvgIpc) is 2.72. The van der Waals surface area contributed by atoms with Crippen molar-refractivity contribution in [3.63, 3.8) is 0 Å². The van der Waals surface area contributed by atoms with Crippen LogP contribution in [0.1, 0.15) is 85.0 Å². The highest BCUT2D eigenvalue weighted by atomic mass is 127. The minimum absolute atomic E-state index is 0.109. The molecule has 0 aromatic rings. The van der Waals surface area contributed by atoms with E-state index in [-0.39, 0.29) is 12.2 Å². The molecule has 2 nitrogen and oxygen atoms in total. The lowest BCUT2D eigenvalue weighted by molar-refractivity contribution is -0.166. The normalized spacial score (nSPS) is 58.6. The summed E-state index contributed by atoms with van der Waals surface area (Å²) in [5.41, 5.74) is 2.75. The van der Waals surface area contributed by atoms with E-state index < -0.39 is 0 Å². The lowest BCUT2D eigenvalue weighted by atomic mass is 9.39. The molecule has 0 aliphatic heterocycles. The van der Waals surface area contributed by atoms with E-state index in [1.54, 1.807) is 5.57 Å². The van der Waals surface area contributed by atoms with E-state index in [4.69, 9.17) is 0 Å². The summed E-state index contributed by atoms with van der Waals surface area (Å²) in [5, 5.41) is 21.7. The van der Waals surface area contributed by atoms with Gasteiger partial charge in [0, 0.05) is 3.92 Å². The first kappa shape index (κ1) is 20.3. The van der Waals surface area contributed by atoms with E-state index in [1.165, 1.54) is 44.9 Å². The molecule has 6 rings (SSSR count). The van der Waals surface area contributed by atoms with Gasteiger partial charge in [0.2, 0.25) is 0 Å². The molecule has 158 valence electrons. The molecule has 0 aromatic heterocycles. The van der Waals surface area contributed by atoms with Crippen LogP contribution in [-0.4, -0.2) is 26.3 Å². The molecule has 5 saturated carbocycles. The molecule has 4 bridgehead atoms. The second kappa shape index (κ2) is 6.69. The molecule has 10 atom stereocenters. The Morgan fingerprint density at radius 1 is 1.00 bits per heavy atom. The standard InChI is InChI=1S/C25H39IO2/c1-15-18-8-13-25-14-16(27)6-10-23(2)11-7-19(25)17(22(23)26)4-5-21(25)24(18,3)12-9-20(15)28/h4,15-16,18-22,27-28H,5-14H2,1-3H3. The van der Waals surface area contributed by atoms with Crippen LogP contribution in [-0.2, 0) is 0 Å². The van der Waals surface area contributed by atoms with Crippen molar-refractivity contribution in [2.24, 2.45) is 39.9 Å². The highest BCUT2D eigenvalue weighted by Crippen LogP contribution is 2.71. The van der Waals surface area contributed by atoms with Gasteiger partial charge < -0.3 is 10.2 Å². The first-order valence-corrected chi connectivity index (χ1v) is 13.2. The van der Waals surface area contributed by atoms with E-state index >= 15 is 0 Å². The minimum atomic E-state index is -0.129. The molecule has 28 heavy (non-hydrogen) atoms. The Bertz CT molecular complexity index is 675. The third-order valence-electron chi connectivity index (χ3n) is 10.7. The number of aliphatic hydroxyl groups excluding tert-OH is 2.